The van der Waals surface area contributed by atoms with E-state index in [-0.39, 0.29) is 17.8 Å². The van der Waals surface area contributed by atoms with Crippen LogP contribution in [0.15, 0.2) is 18.2 Å². The molecular formula is C13H13F3N2O2. The van der Waals surface area contributed by atoms with E-state index in [0.29, 0.717) is 6.54 Å². The van der Waals surface area contributed by atoms with E-state index in [0.717, 1.165) is 12.1 Å². The summed E-state index contributed by atoms with van der Waals surface area (Å²) in [5.41, 5.74) is -0.758. The van der Waals surface area contributed by atoms with Crippen molar-refractivity contribution in [3.05, 3.63) is 29.3 Å². The zero-order valence-corrected chi connectivity index (χ0v) is 11.0. The van der Waals surface area contributed by atoms with Crippen LogP contribution < -0.4 is 4.90 Å². The average molecular weight is 286 g/mol. The zero-order chi connectivity index (χ0) is 15.3. The van der Waals surface area contributed by atoms with Crippen LogP contribution in [-0.2, 0) is 15.7 Å². The number of esters is 1. The summed E-state index contributed by atoms with van der Waals surface area (Å²) in [6.07, 6.45) is -4.51. The molecule has 1 aromatic carbocycles. The maximum atomic E-state index is 12.6. The Morgan fingerprint density at radius 1 is 1.45 bits per heavy atom. The number of ether oxygens (including phenoxy) is 1. The molecule has 0 aromatic heterocycles. The van der Waals surface area contributed by atoms with Gasteiger partial charge in [0.05, 0.1) is 23.9 Å². The Balaban J connectivity index is 3.18. The van der Waals surface area contributed by atoms with Gasteiger partial charge in [0.25, 0.3) is 0 Å². The van der Waals surface area contributed by atoms with Crippen LogP contribution in [0.25, 0.3) is 0 Å². The maximum absolute atomic E-state index is 12.6. The molecule has 1 rings (SSSR count). The number of nitrogens with zero attached hydrogens (tertiary/aromatic N) is 2. The zero-order valence-electron chi connectivity index (χ0n) is 11.0. The van der Waals surface area contributed by atoms with Crippen molar-refractivity contribution in [2.24, 2.45) is 0 Å². The first kappa shape index (κ1) is 15.8. The molecule has 0 unspecified atom stereocenters. The normalized spacial score (nSPS) is 10.8. The number of rotatable bonds is 4. The lowest BCUT2D eigenvalue weighted by Gasteiger charge is -2.23. The van der Waals surface area contributed by atoms with Gasteiger partial charge in [0.15, 0.2) is 0 Å². The molecule has 0 aliphatic carbocycles. The Kier molecular flexibility index (Phi) is 4.97. The van der Waals surface area contributed by atoms with Crippen molar-refractivity contribution in [3.8, 4) is 6.07 Å². The van der Waals surface area contributed by atoms with E-state index >= 15 is 0 Å². The van der Waals surface area contributed by atoms with E-state index in [4.69, 9.17) is 5.26 Å². The minimum absolute atomic E-state index is 0.132. The number of anilines is 1. The minimum atomic E-state index is -4.51. The van der Waals surface area contributed by atoms with Crippen LogP contribution in [0.1, 0.15) is 18.1 Å². The van der Waals surface area contributed by atoms with Gasteiger partial charge >= 0.3 is 12.1 Å². The SMILES string of the molecule is CCN(CC(=O)OC)c1ccc(C(F)(F)F)cc1C#N. The Hall–Kier alpha value is -2.23. The molecule has 0 N–H and O–H groups in total. The molecule has 0 bridgehead atoms. The largest absolute Gasteiger partial charge is 0.468 e. The lowest BCUT2D eigenvalue weighted by Crippen LogP contribution is -2.31. The van der Waals surface area contributed by atoms with E-state index in [2.05, 4.69) is 4.74 Å². The number of halogens is 3. The average Bonchev–Trinajstić information content (AvgIpc) is 2.42. The summed E-state index contributed by atoms with van der Waals surface area (Å²) in [7, 11) is 1.22. The fraction of sp³-hybridized carbons (Fsp3) is 0.385. The number of hydrogen-bond acceptors (Lipinski definition) is 4. The lowest BCUT2D eigenvalue weighted by atomic mass is 10.1. The number of carbonyl (C=O) groups is 1. The van der Waals surface area contributed by atoms with Gasteiger partial charge in [0.1, 0.15) is 12.6 Å². The van der Waals surface area contributed by atoms with E-state index in [1.807, 2.05) is 0 Å². The highest BCUT2D eigenvalue weighted by Gasteiger charge is 2.31. The van der Waals surface area contributed by atoms with Crippen LogP contribution in [-0.4, -0.2) is 26.2 Å². The number of carbonyl (C=O) groups excluding carboxylic acids is 1. The third-order valence-corrected chi connectivity index (χ3v) is 2.71. The fourth-order valence-corrected chi connectivity index (χ4v) is 1.67. The number of hydrogen-bond donors (Lipinski definition) is 0. The molecule has 0 aliphatic heterocycles. The summed E-state index contributed by atoms with van der Waals surface area (Å²) >= 11 is 0. The van der Waals surface area contributed by atoms with Gasteiger partial charge in [-0.3, -0.25) is 4.79 Å². The van der Waals surface area contributed by atoms with Crippen LogP contribution >= 0.6 is 0 Å². The summed E-state index contributed by atoms with van der Waals surface area (Å²) in [5.74, 6) is -0.532. The molecule has 0 saturated carbocycles. The molecule has 0 saturated heterocycles. The summed E-state index contributed by atoms with van der Waals surface area (Å²) in [4.78, 5) is 12.7. The predicted octanol–water partition coefficient (Wildman–Crippen LogP) is 2.58. The highest BCUT2D eigenvalue weighted by Crippen LogP contribution is 2.32. The Labute approximate surface area is 114 Å². The van der Waals surface area contributed by atoms with Crippen LogP contribution in [0.3, 0.4) is 0 Å². The van der Waals surface area contributed by atoms with Crippen molar-refractivity contribution in [1.82, 2.24) is 0 Å². The molecule has 1 aromatic rings. The second-order valence-electron chi connectivity index (χ2n) is 3.93. The van der Waals surface area contributed by atoms with Crippen molar-refractivity contribution >= 4 is 11.7 Å². The summed E-state index contributed by atoms with van der Waals surface area (Å²) < 4.78 is 42.3. The first-order chi connectivity index (χ1) is 9.33. The monoisotopic (exact) mass is 286 g/mol. The molecule has 0 radical (unpaired) electrons. The molecule has 0 spiro atoms. The van der Waals surface area contributed by atoms with E-state index in [1.165, 1.54) is 18.1 Å². The van der Waals surface area contributed by atoms with Crippen LogP contribution in [0.5, 0.6) is 0 Å². The van der Waals surface area contributed by atoms with Crippen molar-refractivity contribution in [2.45, 2.75) is 13.1 Å². The van der Waals surface area contributed by atoms with Gasteiger partial charge in [0.2, 0.25) is 0 Å². The summed E-state index contributed by atoms with van der Waals surface area (Å²) in [6.45, 7) is 1.95. The molecule has 0 amide bonds. The lowest BCUT2D eigenvalue weighted by molar-refractivity contribution is -0.139. The van der Waals surface area contributed by atoms with Crippen molar-refractivity contribution in [2.75, 3.05) is 25.1 Å². The summed E-state index contributed by atoms with van der Waals surface area (Å²) in [6, 6.07) is 4.57. The van der Waals surface area contributed by atoms with Gasteiger partial charge in [-0.1, -0.05) is 0 Å². The molecule has 0 fully saturated rings. The molecule has 0 heterocycles. The third kappa shape index (κ3) is 3.63. The van der Waals surface area contributed by atoms with Gasteiger partial charge in [-0.05, 0) is 25.1 Å². The Bertz CT molecular complexity index is 535. The first-order valence-corrected chi connectivity index (χ1v) is 5.76. The number of alkyl halides is 3. The second-order valence-corrected chi connectivity index (χ2v) is 3.93. The Morgan fingerprint density at radius 2 is 2.10 bits per heavy atom. The van der Waals surface area contributed by atoms with E-state index in [9.17, 15) is 18.0 Å². The fourth-order valence-electron chi connectivity index (χ4n) is 1.67. The third-order valence-electron chi connectivity index (χ3n) is 2.71. The second kappa shape index (κ2) is 6.28. The molecule has 7 heteroatoms. The highest BCUT2D eigenvalue weighted by atomic mass is 19.4. The van der Waals surface area contributed by atoms with Gasteiger partial charge in [-0.2, -0.15) is 18.4 Å². The standard InChI is InChI=1S/C13H13F3N2O2/c1-3-18(8-12(19)20-2)11-5-4-10(13(14,15)16)6-9(11)7-17/h4-6H,3,8H2,1-2H3. The van der Waals surface area contributed by atoms with Crippen LogP contribution in [0, 0.1) is 11.3 Å². The van der Waals surface area contributed by atoms with Crippen molar-refractivity contribution in [3.63, 3.8) is 0 Å². The maximum Gasteiger partial charge on any atom is 0.416 e. The smallest absolute Gasteiger partial charge is 0.416 e. The molecule has 108 valence electrons. The van der Waals surface area contributed by atoms with Crippen molar-refractivity contribution < 1.29 is 22.7 Å². The van der Waals surface area contributed by atoms with E-state index in [1.54, 1.807) is 13.0 Å². The molecule has 0 aliphatic rings. The minimum Gasteiger partial charge on any atom is -0.468 e. The van der Waals surface area contributed by atoms with Gasteiger partial charge < -0.3 is 9.64 Å². The topological polar surface area (TPSA) is 53.3 Å². The Morgan fingerprint density at radius 3 is 2.55 bits per heavy atom. The van der Waals surface area contributed by atoms with Gasteiger partial charge in [0, 0.05) is 6.54 Å². The first-order valence-electron chi connectivity index (χ1n) is 5.76. The van der Waals surface area contributed by atoms with E-state index < -0.39 is 17.7 Å². The number of nitriles is 1. The summed E-state index contributed by atoms with van der Waals surface area (Å²) in [5, 5.41) is 8.98. The van der Waals surface area contributed by atoms with Gasteiger partial charge in [-0.15, -0.1) is 0 Å². The molecule has 4 nitrogen and oxygen atoms in total. The molecular weight excluding hydrogens is 273 g/mol. The van der Waals surface area contributed by atoms with Crippen LogP contribution in [0.4, 0.5) is 18.9 Å². The number of methoxy groups -OCH3 is 1. The van der Waals surface area contributed by atoms with Gasteiger partial charge in [-0.25, -0.2) is 0 Å². The highest BCUT2D eigenvalue weighted by molar-refractivity contribution is 5.77. The number of benzene rings is 1. The van der Waals surface area contributed by atoms with Crippen LogP contribution in [0.2, 0.25) is 0 Å². The quantitative estimate of drug-likeness (QED) is 0.798. The molecule has 20 heavy (non-hydrogen) atoms. The van der Waals surface area contributed by atoms with Crippen molar-refractivity contribution in [1.29, 1.82) is 5.26 Å². The number of likely N-dealkylation sites (N-methyl/N-ethyl adjacent to an activating group) is 1. The predicted molar refractivity (Wildman–Crippen MR) is 66.1 cm³/mol. The molecule has 0 atom stereocenters.